The maximum absolute atomic E-state index is 13.8. The van der Waals surface area contributed by atoms with Crippen LogP contribution < -0.4 is 10.1 Å². The molecule has 2 amide bonds. The molecule has 2 fully saturated rings. The first-order chi connectivity index (χ1) is 17.5. The number of piperidine rings is 1. The maximum atomic E-state index is 13.8. The molecular weight excluding hydrogens is 506 g/mol. The van der Waals surface area contributed by atoms with Crippen LogP contribution in [0.1, 0.15) is 36.8 Å². The van der Waals surface area contributed by atoms with Gasteiger partial charge in [-0.25, -0.2) is 9.89 Å². The number of rotatable bonds is 4. The average molecular weight is 526 g/mol. The van der Waals surface area contributed by atoms with Crippen LogP contribution in [0.4, 0.5) is 36.8 Å². The van der Waals surface area contributed by atoms with Gasteiger partial charge in [0.2, 0.25) is 0 Å². The van der Waals surface area contributed by atoms with Crippen molar-refractivity contribution in [2.45, 2.75) is 56.2 Å². The van der Waals surface area contributed by atoms with Gasteiger partial charge in [0.15, 0.2) is 5.82 Å². The Morgan fingerprint density at radius 2 is 1.65 bits per heavy atom. The van der Waals surface area contributed by atoms with Crippen molar-refractivity contribution in [1.29, 1.82) is 0 Å². The van der Waals surface area contributed by atoms with E-state index in [9.17, 15) is 31.1 Å². The standard InChI is InChI=1S/C23H20F6N6O2/c24-22(25,26)13-2-4-14(5-3-13)30-21(36)35-15-6-7-16(35)11-17(10-15)37-19-8-1-12(20-31-33-34-32-20)9-18(19)23(27,28)29/h1-5,8-9,15-17H,6-7,10-11H2,(H,30,36)(H,31,32,33,34)/t15-,16+,17+. The predicted molar refractivity (Wildman–Crippen MR) is 117 cm³/mol. The highest BCUT2D eigenvalue weighted by Gasteiger charge is 2.45. The lowest BCUT2D eigenvalue weighted by Gasteiger charge is -2.39. The van der Waals surface area contributed by atoms with Gasteiger partial charge in [0.25, 0.3) is 0 Å². The van der Waals surface area contributed by atoms with Gasteiger partial charge in [0.05, 0.1) is 11.1 Å². The van der Waals surface area contributed by atoms with Crippen LogP contribution in [0.25, 0.3) is 11.4 Å². The fourth-order valence-corrected chi connectivity index (χ4v) is 4.95. The number of hydrogen-bond acceptors (Lipinski definition) is 5. The molecule has 2 aliphatic rings. The summed E-state index contributed by atoms with van der Waals surface area (Å²) in [6, 6.07) is 6.68. The number of ether oxygens (including phenoxy) is 1. The van der Waals surface area contributed by atoms with E-state index in [1.807, 2.05) is 0 Å². The van der Waals surface area contributed by atoms with Crippen LogP contribution in [0.3, 0.4) is 0 Å². The molecule has 3 aromatic rings. The highest BCUT2D eigenvalue weighted by molar-refractivity contribution is 5.90. The smallest absolute Gasteiger partial charge is 0.419 e. The fraction of sp³-hybridized carbons (Fsp3) is 0.391. The molecule has 5 rings (SSSR count). The number of aromatic amines is 1. The minimum absolute atomic E-state index is 0.0856. The summed E-state index contributed by atoms with van der Waals surface area (Å²) in [4.78, 5) is 14.5. The van der Waals surface area contributed by atoms with Crippen molar-refractivity contribution in [1.82, 2.24) is 25.5 Å². The lowest BCUT2D eigenvalue weighted by Crippen LogP contribution is -2.50. The molecule has 1 aromatic heterocycles. The molecule has 37 heavy (non-hydrogen) atoms. The number of H-pyrrole nitrogens is 1. The van der Waals surface area contributed by atoms with Crippen LogP contribution in [0.5, 0.6) is 5.75 Å². The monoisotopic (exact) mass is 526 g/mol. The summed E-state index contributed by atoms with van der Waals surface area (Å²) in [5, 5.41) is 15.4. The number of alkyl halides is 6. The van der Waals surface area contributed by atoms with Crippen molar-refractivity contribution < 1.29 is 35.9 Å². The molecule has 196 valence electrons. The third kappa shape index (κ3) is 5.18. The zero-order valence-corrected chi connectivity index (χ0v) is 19.0. The topological polar surface area (TPSA) is 96.0 Å². The maximum Gasteiger partial charge on any atom is 0.419 e. The molecule has 2 aromatic carbocycles. The summed E-state index contributed by atoms with van der Waals surface area (Å²) < 4.78 is 85.5. The van der Waals surface area contributed by atoms with Gasteiger partial charge in [-0.15, -0.1) is 5.10 Å². The van der Waals surface area contributed by atoms with E-state index in [-0.39, 0.29) is 34.9 Å². The second-order valence-electron chi connectivity index (χ2n) is 8.97. The van der Waals surface area contributed by atoms with Gasteiger partial charge in [-0.1, -0.05) is 0 Å². The number of halogens is 6. The van der Waals surface area contributed by atoms with Gasteiger partial charge in [0, 0.05) is 36.2 Å². The van der Waals surface area contributed by atoms with E-state index in [2.05, 4.69) is 25.9 Å². The molecule has 2 N–H and O–H groups in total. The predicted octanol–water partition coefficient (Wildman–Crippen LogP) is 5.51. The third-order valence-corrected chi connectivity index (χ3v) is 6.59. The van der Waals surface area contributed by atoms with Crippen LogP contribution in [0.15, 0.2) is 42.5 Å². The van der Waals surface area contributed by atoms with E-state index in [0.29, 0.717) is 25.7 Å². The zero-order chi connectivity index (χ0) is 26.4. The first-order valence-corrected chi connectivity index (χ1v) is 11.4. The Balaban J connectivity index is 1.27. The molecule has 8 nitrogen and oxygen atoms in total. The molecule has 0 saturated carbocycles. The van der Waals surface area contributed by atoms with Crippen molar-refractivity contribution in [3.63, 3.8) is 0 Å². The van der Waals surface area contributed by atoms with Crippen LogP contribution in [0.2, 0.25) is 0 Å². The summed E-state index contributed by atoms with van der Waals surface area (Å²) in [5.74, 6) is -0.238. The van der Waals surface area contributed by atoms with Crippen molar-refractivity contribution in [2.75, 3.05) is 5.32 Å². The SMILES string of the molecule is O=C(Nc1ccc(C(F)(F)F)cc1)N1[C@@H]2CC[C@H]1C[C@@H](Oc1ccc(-c3nnn[nH]3)cc1C(F)(F)F)C2. The molecule has 0 unspecified atom stereocenters. The number of urea groups is 1. The quantitative estimate of drug-likeness (QED) is 0.437. The Labute approximate surface area is 206 Å². The third-order valence-electron chi connectivity index (χ3n) is 6.59. The molecule has 0 aliphatic carbocycles. The molecule has 14 heteroatoms. The molecular formula is C23H20F6N6O2. The largest absolute Gasteiger partial charge is 0.490 e. The fourth-order valence-electron chi connectivity index (χ4n) is 4.95. The van der Waals surface area contributed by atoms with Crippen molar-refractivity contribution in [3.8, 4) is 17.1 Å². The number of tetrazole rings is 1. The second kappa shape index (κ2) is 9.23. The first-order valence-electron chi connectivity index (χ1n) is 11.4. The normalized spacial score (nSPS) is 21.7. The van der Waals surface area contributed by atoms with Gasteiger partial charge in [-0.05, 0) is 65.7 Å². The van der Waals surface area contributed by atoms with Crippen LogP contribution in [0, 0.1) is 0 Å². The molecule has 0 radical (unpaired) electrons. The van der Waals surface area contributed by atoms with Gasteiger partial charge in [-0.3, -0.25) is 0 Å². The second-order valence-corrected chi connectivity index (χ2v) is 8.97. The number of anilines is 1. The number of carbonyl (C=O) groups is 1. The Bertz CT molecular complexity index is 1250. The number of amides is 2. The average Bonchev–Trinajstić information content (AvgIpc) is 3.45. The first kappa shape index (κ1) is 24.8. The van der Waals surface area contributed by atoms with Gasteiger partial charge in [-0.2, -0.15) is 26.3 Å². The van der Waals surface area contributed by atoms with Crippen LogP contribution >= 0.6 is 0 Å². The summed E-state index contributed by atoms with van der Waals surface area (Å²) in [7, 11) is 0. The number of nitrogens with zero attached hydrogens (tertiary/aromatic N) is 4. The minimum atomic E-state index is -4.68. The summed E-state index contributed by atoms with van der Waals surface area (Å²) >= 11 is 0. The zero-order valence-electron chi connectivity index (χ0n) is 19.0. The summed E-state index contributed by atoms with van der Waals surface area (Å²) in [6.45, 7) is 0. The number of benzene rings is 2. The lowest BCUT2D eigenvalue weighted by atomic mass is 9.99. The van der Waals surface area contributed by atoms with Crippen molar-refractivity contribution >= 4 is 11.7 Å². The lowest BCUT2D eigenvalue weighted by molar-refractivity contribution is -0.139. The molecule has 2 bridgehead atoms. The Morgan fingerprint density at radius 3 is 2.22 bits per heavy atom. The van der Waals surface area contributed by atoms with E-state index in [1.54, 1.807) is 4.90 Å². The molecule has 0 spiro atoms. The number of hydrogen-bond donors (Lipinski definition) is 2. The Hall–Kier alpha value is -3.84. The number of aromatic nitrogens is 4. The van der Waals surface area contributed by atoms with Crippen molar-refractivity contribution in [3.05, 3.63) is 53.6 Å². The molecule has 3 heterocycles. The number of nitrogens with one attached hydrogen (secondary N) is 2. The molecule has 2 aliphatic heterocycles. The number of fused-ring (bicyclic) bond motifs is 2. The van der Waals surface area contributed by atoms with E-state index < -0.39 is 35.6 Å². The van der Waals surface area contributed by atoms with Gasteiger partial charge >= 0.3 is 18.4 Å². The van der Waals surface area contributed by atoms with Gasteiger partial charge < -0.3 is 15.0 Å². The molecule has 2 saturated heterocycles. The highest BCUT2D eigenvalue weighted by Crippen LogP contribution is 2.42. The number of carbonyl (C=O) groups excluding carboxylic acids is 1. The van der Waals surface area contributed by atoms with E-state index in [0.717, 1.165) is 18.2 Å². The minimum Gasteiger partial charge on any atom is -0.490 e. The highest BCUT2D eigenvalue weighted by atomic mass is 19.4. The van der Waals surface area contributed by atoms with E-state index in [4.69, 9.17) is 4.74 Å². The van der Waals surface area contributed by atoms with Crippen LogP contribution in [-0.4, -0.2) is 49.7 Å². The Kier molecular flexibility index (Phi) is 6.20. The molecule has 3 atom stereocenters. The van der Waals surface area contributed by atoms with Gasteiger partial charge in [0.1, 0.15) is 11.9 Å². The Morgan fingerprint density at radius 1 is 0.973 bits per heavy atom. The van der Waals surface area contributed by atoms with E-state index in [1.165, 1.54) is 24.3 Å². The van der Waals surface area contributed by atoms with Crippen molar-refractivity contribution in [2.24, 2.45) is 0 Å². The van der Waals surface area contributed by atoms with E-state index >= 15 is 0 Å². The van der Waals surface area contributed by atoms with Crippen LogP contribution in [-0.2, 0) is 12.4 Å². The summed E-state index contributed by atoms with van der Waals surface area (Å²) in [5.41, 5.74) is -1.42. The summed E-state index contributed by atoms with van der Waals surface area (Å²) in [6.07, 6.45) is -7.78.